The van der Waals surface area contributed by atoms with E-state index in [0.29, 0.717) is 24.7 Å². The Labute approximate surface area is 173 Å². The number of hydrogen-bond acceptors (Lipinski definition) is 4. The molecule has 2 fully saturated rings. The average molecular weight is 412 g/mol. The highest BCUT2D eigenvalue weighted by Gasteiger charge is 2.33. The van der Waals surface area contributed by atoms with Gasteiger partial charge in [-0.25, -0.2) is 13.4 Å². The summed E-state index contributed by atoms with van der Waals surface area (Å²) in [4.78, 5) is 4.47. The van der Waals surface area contributed by atoms with Gasteiger partial charge in [0.15, 0.2) is 5.03 Å². The Morgan fingerprint density at radius 1 is 0.897 bits per heavy atom. The Kier molecular flexibility index (Phi) is 6.11. The molecule has 0 radical (unpaired) electrons. The molecule has 2 aromatic rings. The zero-order valence-corrected chi connectivity index (χ0v) is 17.6. The minimum atomic E-state index is -3.57. The van der Waals surface area contributed by atoms with E-state index in [1.54, 1.807) is 16.4 Å². The molecule has 1 saturated carbocycles. The first kappa shape index (κ1) is 20.2. The van der Waals surface area contributed by atoms with E-state index in [1.807, 2.05) is 30.3 Å². The molecule has 29 heavy (non-hydrogen) atoms. The fourth-order valence-corrected chi connectivity index (χ4v) is 6.22. The molecule has 0 atom stereocenters. The zero-order chi connectivity index (χ0) is 20.3. The number of hydrogen-bond donors (Lipinski definition) is 1. The molecule has 5 nitrogen and oxygen atoms in total. The van der Waals surface area contributed by atoms with Crippen LogP contribution >= 0.6 is 0 Å². The molecular formula is C23H29N3O2S. The minimum absolute atomic E-state index is 0.127. The number of pyridine rings is 1. The van der Waals surface area contributed by atoms with Crippen molar-refractivity contribution < 1.29 is 8.42 Å². The quantitative estimate of drug-likeness (QED) is 0.723. The Morgan fingerprint density at radius 3 is 2.21 bits per heavy atom. The molecule has 1 aliphatic carbocycles. The summed E-state index contributed by atoms with van der Waals surface area (Å²) in [6, 6.07) is 12.6. The molecule has 6 heteroatoms. The van der Waals surface area contributed by atoms with E-state index in [2.05, 4.69) is 4.98 Å². The molecule has 0 bridgehead atoms. The summed E-state index contributed by atoms with van der Waals surface area (Å²) in [7, 11) is -3.57. The van der Waals surface area contributed by atoms with Crippen LogP contribution in [0.4, 0.5) is 0 Å². The maximum Gasteiger partial charge on any atom is 0.260 e. The lowest BCUT2D eigenvalue weighted by Gasteiger charge is -2.36. The van der Waals surface area contributed by atoms with Crippen molar-refractivity contribution in [2.24, 2.45) is 11.8 Å². The van der Waals surface area contributed by atoms with Gasteiger partial charge in [0.2, 0.25) is 0 Å². The van der Waals surface area contributed by atoms with Gasteiger partial charge < -0.3 is 5.41 Å². The molecule has 0 unspecified atom stereocenters. The summed E-state index contributed by atoms with van der Waals surface area (Å²) in [5.74, 6) is 1.47. The van der Waals surface area contributed by atoms with Crippen LogP contribution in [0.25, 0.3) is 11.3 Å². The number of nitrogens with one attached hydrogen (secondary N) is 1. The SMILES string of the molecule is N=Cc1ccc(-c2cccc(S(=O)(=O)N3CCC(C4CCCCC4)CC3)n2)cc1. The molecule has 1 aliphatic heterocycles. The summed E-state index contributed by atoms with van der Waals surface area (Å²) in [5.41, 5.74) is 2.29. The van der Waals surface area contributed by atoms with E-state index in [0.717, 1.165) is 29.9 Å². The van der Waals surface area contributed by atoms with Gasteiger partial charge in [-0.15, -0.1) is 0 Å². The molecule has 0 amide bonds. The Balaban J connectivity index is 1.48. The molecule has 2 aliphatic rings. The highest BCUT2D eigenvalue weighted by Crippen LogP contribution is 2.36. The van der Waals surface area contributed by atoms with Crippen molar-refractivity contribution in [2.45, 2.75) is 50.0 Å². The Morgan fingerprint density at radius 2 is 1.55 bits per heavy atom. The van der Waals surface area contributed by atoms with Crippen LogP contribution in [0.15, 0.2) is 47.5 Å². The summed E-state index contributed by atoms with van der Waals surface area (Å²) in [6.45, 7) is 1.20. The Bertz CT molecular complexity index is 942. The lowest BCUT2D eigenvalue weighted by molar-refractivity contribution is 0.170. The second-order valence-corrected chi connectivity index (χ2v) is 10.2. The van der Waals surface area contributed by atoms with E-state index in [-0.39, 0.29) is 5.03 Å². The van der Waals surface area contributed by atoms with Crippen LogP contribution < -0.4 is 0 Å². The number of benzene rings is 1. The van der Waals surface area contributed by atoms with Crippen LogP contribution in [0.3, 0.4) is 0 Å². The van der Waals surface area contributed by atoms with Crippen LogP contribution in [0.1, 0.15) is 50.5 Å². The molecule has 1 aromatic carbocycles. The third kappa shape index (κ3) is 4.43. The lowest BCUT2D eigenvalue weighted by atomic mass is 9.76. The van der Waals surface area contributed by atoms with Crippen LogP contribution in [-0.2, 0) is 10.0 Å². The van der Waals surface area contributed by atoms with Gasteiger partial charge in [-0.2, -0.15) is 4.31 Å². The first-order valence-corrected chi connectivity index (χ1v) is 12.1. The van der Waals surface area contributed by atoms with Gasteiger partial charge >= 0.3 is 0 Å². The van der Waals surface area contributed by atoms with Gasteiger partial charge in [0, 0.05) is 24.9 Å². The first-order chi connectivity index (χ1) is 14.1. The van der Waals surface area contributed by atoms with E-state index < -0.39 is 10.0 Å². The van der Waals surface area contributed by atoms with Gasteiger partial charge in [0.1, 0.15) is 0 Å². The molecular weight excluding hydrogens is 382 g/mol. The molecule has 2 heterocycles. The number of rotatable bonds is 5. The van der Waals surface area contributed by atoms with Gasteiger partial charge in [-0.05, 0) is 42.4 Å². The summed E-state index contributed by atoms with van der Waals surface area (Å²) >= 11 is 0. The number of nitrogens with zero attached hydrogens (tertiary/aromatic N) is 2. The summed E-state index contributed by atoms with van der Waals surface area (Å²) in [5, 5.41) is 7.43. The van der Waals surface area contributed by atoms with Gasteiger partial charge in [-0.3, -0.25) is 0 Å². The molecule has 0 spiro atoms. The van der Waals surface area contributed by atoms with Crippen molar-refractivity contribution in [3.8, 4) is 11.3 Å². The second-order valence-electron chi connectivity index (χ2n) is 8.27. The van der Waals surface area contributed by atoms with E-state index in [4.69, 9.17) is 5.41 Å². The Hall–Kier alpha value is -2.05. The predicted molar refractivity (Wildman–Crippen MR) is 116 cm³/mol. The van der Waals surface area contributed by atoms with Gasteiger partial charge in [0.05, 0.1) is 5.69 Å². The van der Waals surface area contributed by atoms with Crippen LogP contribution in [0.5, 0.6) is 0 Å². The van der Waals surface area contributed by atoms with Crippen LogP contribution in [0.2, 0.25) is 0 Å². The average Bonchev–Trinajstić information content (AvgIpc) is 2.80. The normalized spacial score (nSPS) is 19.9. The third-order valence-electron chi connectivity index (χ3n) is 6.52. The van der Waals surface area contributed by atoms with E-state index in [1.165, 1.54) is 38.3 Å². The van der Waals surface area contributed by atoms with Crippen molar-refractivity contribution in [1.82, 2.24) is 9.29 Å². The molecule has 1 aromatic heterocycles. The fourth-order valence-electron chi connectivity index (χ4n) is 4.79. The largest absolute Gasteiger partial charge is 0.308 e. The number of sulfonamides is 1. The van der Waals surface area contributed by atoms with Gasteiger partial charge in [0.25, 0.3) is 10.0 Å². The van der Waals surface area contributed by atoms with Gasteiger partial charge in [-0.1, -0.05) is 62.4 Å². The summed E-state index contributed by atoms with van der Waals surface area (Å²) in [6.07, 6.45) is 9.88. The number of aromatic nitrogens is 1. The molecule has 4 rings (SSSR count). The monoisotopic (exact) mass is 411 g/mol. The van der Waals surface area contributed by atoms with Crippen molar-refractivity contribution in [3.63, 3.8) is 0 Å². The number of piperidine rings is 1. The molecule has 154 valence electrons. The lowest BCUT2D eigenvalue weighted by Crippen LogP contribution is -2.40. The standard InChI is InChI=1S/C23H29N3O2S/c24-17-18-9-11-21(12-10-18)22-7-4-8-23(25-22)29(27,28)26-15-13-20(14-16-26)19-5-2-1-3-6-19/h4,7-12,17,19-20,24H,1-3,5-6,13-16H2. The molecule has 1 saturated heterocycles. The van der Waals surface area contributed by atoms with E-state index >= 15 is 0 Å². The predicted octanol–water partition coefficient (Wildman–Crippen LogP) is 4.73. The highest BCUT2D eigenvalue weighted by molar-refractivity contribution is 7.89. The third-order valence-corrected chi connectivity index (χ3v) is 8.32. The zero-order valence-electron chi connectivity index (χ0n) is 16.8. The molecule has 1 N–H and O–H groups in total. The van der Waals surface area contributed by atoms with E-state index in [9.17, 15) is 8.42 Å². The van der Waals surface area contributed by atoms with Crippen molar-refractivity contribution in [3.05, 3.63) is 48.0 Å². The van der Waals surface area contributed by atoms with Crippen LogP contribution in [0, 0.1) is 17.2 Å². The van der Waals surface area contributed by atoms with Crippen molar-refractivity contribution >= 4 is 16.2 Å². The van der Waals surface area contributed by atoms with Crippen LogP contribution in [-0.4, -0.2) is 37.0 Å². The fraction of sp³-hybridized carbons (Fsp3) is 0.478. The smallest absolute Gasteiger partial charge is 0.260 e. The van der Waals surface area contributed by atoms with Crippen molar-refractivity contribution in [1.29, 1.82) is 5.41 Å². The van der Waals surface area contributed by atoms with Crippen molar-refractivity contribution in [2.75, 3.05) is 13.1 Å². The summed E-state index contributed by atoms with van der Waals surface area (Å²) < 4.78 is 28.0. The maximum absolute atomic E-state index is 13.2. The topological polar surface area (TPSA) is 74.1 Å². The highest BCUT2D eigenvalue weighted by atomic mass is 32.2. The second kappa shape index (κ2) is 8.76. The minimum Gasteiger partial charge on any atom is -0.308 e. The first-order valence-electron chi connectivity index (χ1n) is 10.7. The maximum atomic E-state index is 13.2.